The summed E-state index contributed by atoms with van der Waals surface area (Å²) in [5.74, 6) is -1.10. The first kappa shape index (κ1) is 13.5. The van der Waals surface area contributed by atoms with Crippen molar-refractivity contribution in [3.63, 3.8) is 0 Å². The van der Waals surface area contributed by atoms with E-state index in [1.165, 1.54) is 0 Å². The lowest BCUT2D eigenvalue weighted by molar-refractivity contribution is -0.142. The number of nitrogens with zero attached hydrogens (tertiary/aromatic N) is 1. The van der Waals surface area contributed by atoms with Crippen molar-refractivity contribution in [2.75, 3.05) is 11.5 Å². The van der Waals surface area contributed by atoms with E-state index in [4.69, 9.17) is 23.2 Å². The van der Waals surface area contributed by atoms with Gasteiger partial charge in [0.15, 0.2) is 0 Å². The van der Waals surface area contributed by atoms with Crippen LogP contribution in [0, 0.1) is 0 Å². The molecular formula is C11H9Cl2NO3S. The van der Waals surface area contributed by atoms with Gasteiger partial charge in [-0.25, -0.2) is 0 Å². The molecule has 0 N–H and O–H groups in total. The van der Waals surface area contributed by atoms with Crippen molar-refractivity contribution in [2.24, 2.45) is 0 Å². The number of imide groups is 1. The van der Waals surface area contributed by atoms with E-state index in [9.17, 15) is 13.8 Å². The van der Waals surface area contributed by atoms with Gasteiger partial charge in [-0.2, -0.15) is 0 Å². The molecule has 1 heterocycles. The van der Waals surface area contributed by atoms with E-state index in [0.717, 1.165) is 4.90 Å². The van der Waals surface area contributed by atoms with E-state index in [2.05, 4.69) is 0 Å². The maximum atomic E-state index is 11.6. The Morgan fingerprint density at radius 3 is 2.33 bits per heavy atom. The summed E-state index contributed by atoms with van der Waals surface area (Å²) < 4.78 is 11.2. The van der Waals surface area contributed by atoms with Crippen LogP contribution in [-0.4, -0.2) is 32.4 Å². The van der Waals surface area contributed by atoms with Crippen molar-refractivity contribution < 1.29 is 13.8 Å². The number of hydrogen-bond acceptors (Lipinski definition) is 3. The molecule has 18 heavy (non-hydrogen) atoms. The quantitative estimate of drug-likeness (QED) is 0.780. The van der Waals surface area contributed by atoms with Crippen molar-refractivity contribution in [1.29, 1.82) is 0 Å². The Morgan fingerprint density at radius 1 is 1.17 bits per heavy atom. The highest BCUT2D eigenvalue weighted by atomic mass is 35.5. The first-order valence-electron chi connectivity index (χ1n) is 5.09. The molecule has 96 valence electrons. The van der Waals surface area contributed by atoms with Crippen molar-refractivity contribution in [3.8, 4) is 0 Å². The van der Waals surface area contributed by atoms with Gasteiger partial charge in [-0.15, -0.1) is 0 Å². The third-order valence-electron chi connectivity index (χ3n) is 2.51. The average molecular weight is 306 g/mol. The van der Waals surface area contributed by atoms with Crippen LogP contribution in [-0.2, 0) is 26.9 Å². The lowest BCUT2D eigenvalue weighted by Gasteiger charge is -2.24. The average Bonchev–Trinajstić information content (AvgIpc) is 2.25. The zero-order valence-electron chi connectivity index (χ0n) is 9.19. The second kappa shape index (κ2) is 5.38. The van der Waals surface area contributed by atoms with Crippen LogP contribution in [0.5, 0.6) is 0 Å². The molecule has 2 rings (SSSR count). The Hall–Kier alpha value is -0.910. The van der Waals surface area contributed by atoms with Crippen LogP contribution in [0.25, 0.3) is 0 Å². The molecule has 0 aromatic heterocycles. The van der Waals surface area contributed by atoms with Crippen LogP contribution in [0.2, 0.25) is 10.0 Å². The van der Waals surface area contributed by atoms with Gasteiger partial charge in [-0.05, 0) is 17.7 Å². The van der Waals surface area contributed by atoms with E-state index in [-0.39, 0.29) is 18.1 Å². The summed E-state index contributed by atoms with van der Waals surface area (Å²) in [5.41, 5.74) is 0.635. The van der Waals surface area contributed by atoms with E-state index in [0.29, 0.717) is 15.6 Å². The summed E-state index contributed by atoms with van der Waals surface area (Å²) >= 11 is 11.7. The topological polar surface area (TPSA) is 54.5 Å². The normalized spacial score (nSPS) is 17.3. The number of hydrogen-bond donors (Lipinski definition) is 0. The highest BCUT2D eigenvalue weighted by molar-refractivity contribution is 7.86. The van der Waals surface area contributed by atoms with Crippen molar-refractivity contribution in [1.82, 2.24) is 4.90 Å². The fourth-order valence-corrected chi connectivity index (χ4v) is 3.05. The Labute approximate surface area is 116 Å². The molecule has 2 amide bonds. The van der Waals surface area contributed by atoms with E-state index < -0.39 is 22.6 Å². The van der Waals surface area contributed by atoms with E-state index >= 15 is 0 Å². The first-order chi connectivity index (χ1) is 8.47. The molecule has 0 bridgehead atoms. The number of carbonyl (C=O) groups is 2. The first-order valence-corrected chi connectivity index (χ1v) is 7.34. The lowest BCUT2D eigenvalue weighted by Crippen LogP contribution is -2.46. The molecule has 1 aromatic carbocycles. The second-order valence-electron chi connectivity index (χ2n) is 3.84. The number of halogens is 2. The predicted octanol–water partition coefficient (Wildman–Crippen LogP) is 1.61. The third kappa shape index (κ3) is 2.91. The molecular weight excluding hydrogens is 297 g/mol. The van der Waals surface area contributed by atoms with Crippen molar-refractivity contribution >= 4 is 45.8 Å². The maximum absolute atomic E-state index is 11.6. The molecule has 4 nitrogen and oxygen atoms in total. The zero-order chi connectivity index (χ0) is 13.3. The molecule has 0 atom stereocenters. The van der Waals surface area contributed by atoms with Crippen LogP contribution in [0.3, 0.4) is 0 Å². The molecule has 0 aliphatic carbocycles. The Bertz CT molecular complexity index is 527. The minimum atomic E-state index is -1.38. The Morgan fingerprint density at radius 2 is 1.78 bits per heavy atom. The Kier molecular flexibility index (Phi) is 4.04. The summed E-state index contributed by atoms with van der Waals surface area (Å²) in [6, 6.07) is 4.85. The maximum Gasteiger partial charge on any atom is 0.242 e. The summed E-state index contributed by atoms with van der Waals surface area (Å²) in [5, 5.41) is 0.885. The molecule has 0 saturated carbocycles. The Balaban J connectivity index is 2.20. The summed E-state index contributed by atoms with van der Waals surface area (Å²) in [6.07, 6.45) is 0. The number of carbonyl (C=O) groups excluding carboxylic acids is 2. The van der Waals surface area contributed by atoms with Gasteiger partial charge in [0.2, 0.25) is 11.8 Å². The fraction of sp³-hybridized carbons (Fsp3) is 0.273. The third-order valence-corrected chi connectivity index (χ3v) is 4.24. The monoisotopic (exact) mass is 305 g/mol. The van der Waals surface area contributed by atoms with Crippen LogP contribution in [0.1, 0.15) is 5.56 Å². The van der Waals surface area contributed by atoms with E-state index in [1.54, 1.807) is 18.2 Å². The summed E-state index contributed by atoms with van der Waals surface area (Å²) in [7, 11) is -1.38. The molecule has 7 heteroatoms. The number of rotatable bonds is 2. The molecule has 0 unspecified atom stereocenters. The molecule has 1 aliphatic rings. The minimum absolute atomic E-state index is 0.0882. The van der Waals surface area contributed by atoms with Crippen LogP contribution >= 0.6 is 23.2 Å². The predicted molar refractivity (Wildman–Crippen MR) is 69.9 cm³/mol. The molecule has 1 aliphatic heterocycles. The van der Waals surface area contributed by atoms with Gasteiger partial charge in [0, 0.05) is 20.8 Å². The van der Waals surface area contributed by atoms with E-state index in [1.807, 2.05) is 0 Å². The van der Waals surface area contributed by atoms with Gasteiger partial charge in [0.05, 0.1) is 6.54 Å². The smallest absolute Gasteiger partial charge is 0.242 e. The minimum Gasteiger partial charge on any atom is -0.276 e. The van der Waals surface area contributed by atoms with Crippen molar-refractivity contribution in [2.45, 2.75) is 6.54 Å². The van der Waals surface area contributed by atoms with Crippen LogP contribution in [0.4, 0.5) is 0 Å². The lowest BCUT2D eigenvalue weighted by atomic mass is 10.2. The highest BCUT2D eigenvalue weighted by Crippen LogP contribution is 2.23. The largest absolute Gasteiger partial charge is 0.276 e. The van der Waals surface area contributed by atoms with Gasteiger partial charge in [-0.3, -0.25) is 18.7 Å². The standard InChI is InChI=1S/C11H9Cl2NO3S/c12-8-2-1-7(9(13)3-8)4-14-10(15)5-18(17)6-11(14)16/h1-3H,4-6H2. The van der Waals surface area contributed by atoms with Crippen LogP contribution < -0.4 is 0 Å². The van der Waals surface area contributed by atoms with Gasteiger partial charge >= 0.3 is 0 Å². The number of benzene rings is 1. The van der Waals surface area contributed by atoms with Gasteiger partial charge in [-0.1, -0.05) is 29.3 Å². The van der Waals surface area contributed by atoms with Gasteiger partial charge in [0.25, 0.3) is 0 Å². The van der Waals surface area contributed by atoms with Crippen molar-refractivity contribution in [3.05, 3.63) is 33.8 Å². The molecule has 1 saturated heterocycles. The second-order valence-corrected chi connectivity index (χ2v) is 6.14. The molecule has 1 aromatic rings. The molecule has 1 fully saturated rings. The fourth-order valence-electron chi connectivity index (χ4n) is 1.62. The highest BCUT2D eigenvalue weighted by Gasteiger charge is 2.30. The number of amides is 2. The van der Waals surface area contributed by atoms with Crippen LogP contribution in [0.15, 0.2) is 18.2 Å². The van der Waals surface area contributed by atoms with Gasteiger partial charge < -0.3 is 0 Å². The molecule has 0 radical (unpaired) electrons. The zero-order valence-corrected chi connectivity index (χ0v) is 11.5. The summed E-state index contributed by atoms with van der Waals surface area (Å²) in [4.78, 5) is 24.4. The summed E-state index contributed by atoms with van der Waals surface area (Å²) in [6.45, 7) is 0.0882. The SMILES string of the molecule is O=C1CS(=O)CC(=O)N1Cc1ccc(Cl)cc1Cl. The molecule has 0 spiro atoms. The van der Waals surface area contributed by atoms with Gasteiger partial charge in [0.1, 0.15) is 11.5 Å².